The minimum atomic E-state index is -3.33. The van der Waals surface area contributed by atoms with Crippen LogP contribution in [0.3, 0.4) is 0 Å². The van der Waals surface area contributed by atoms with Crippen molar-refractivity contribution in [2.45, 2.75) is 45.3 Å². The lowest BCUT2D eigenvalue weighted by molar-refractivity contribution is 0.0200. The lowest BCUT2D eigenvalue weighted by Crippen LogP contribution is -2.42. The molecule has 9 nitrogen and oxygen atoms in total. The molecule has 1 aromatic rings. The van der Waals surface area contributed by atoms with Crippen LogP contribution in [0.15, 0.2) is 23.5 Å². The van der Waals surface area contributed by atoms with E-state index in [2.05, 4.69) is 25.4 Å². The van der Waals surface area contributed by atoms with E-state index in [0.717, 1.165) is 45.4 Å². The molecule has 1 aromatic heterocycles. The van der Waals surface area contributed by atoms with Crippen LogP contribution < -0.4 is 15.4 Å². The summed E-state index contributed by atoms with van der Waals surface area (Å²) in [7, 11) is -3.33. The molecule has 0 amide bonds. The molecule has 0 radical (unpaired) electrons. The maximum absolute atomic E-state index is 12.1. The Labute approximate surface area is 162 Å². The van der Waals surface area contributed by atoms with Gasteiger partial charge in [-0.05, 0) is 38.7 Å². The van der Waals surface area contributed by atoms with Gasteiger partial charge >= 0.3 is 0 Å². The summed E-state index contributed by atoms with van der Waals surface area (Å²) in [5.41, 5.74) is 0. The Kier molecular flexibility index (Phi) is 9.57. The molecule has 1 aliphatic rings. The molecular formula is C17H32N6O3S. The molecule has 2 rings (SSSR count). The van der Waals surface area contributed by atoms with E-state index in [0.29, 0.717) is 25.6 Å². The normalized spacial score (nSPS) is 18.4. The number of hydrogen-bond acceptors (Lipinski definition) is 5. The third-order valence-corrected chi connectivity index (χ3v) is 5.53. The molecule has 1 fully saturated rings. The Bertz CT molecular complexity index is 642. The second-order valence-electron chi connectivity index (χ2n) is 6.47. The summed E-state index contributed by atoms with van der Waals surface area (Å²) in [6.07, 6.45) is 7.59. The molecular weight excluding hydrogens is 368 g/mol. The number of nitrogens with one attached hydrogen (secondary N) is 3. The van der Waals surface area contributed by atoms with Gasteiger partial charge in [0.15, 0.2) is 5.96 Å². The molecule has 10 heteroatoms. The Hall–Kier alpha value is -1.65. The summed E-state index contributed by atoms with van der Waals surface area (Å²) in [5.74, 6) is 0.626. The van der Waals surface area contributed by atoms with E-state index in [1.165, 1.54) is 0 Å². The van der Waals surface area contributed by atoms with Crippen LogP contribution >= 0.6 is 0 Å². The first-order chi connectivity index (χ1) is 13.1. The number of hydrogen-bond donors (Lipinski definition) is 3. The Balaban J connectivity index is 1.66. The van der Waals surface area contributed by atoms with Gasteiger partial charge in [-0.1, -0.05) is 0 Å². The van der Waals surface area contributed by atoms with E-state index in [4.69, 9.17) is 4.74 Å². The third-order valence-electron chi connectivity index (χ3n) is 4.19. The topological polar surface area (TPSA) is 110 Å². The predicted octanol–water partition coefficient (Wildman–Crippen LogP) is 0.317. The Morgan fingerprint density at radius 2 is 2.26 bits per heavy atom. The van der Waals surface area contributed by atoms with Crippen molar-refractivity contribution < 1.29 is 13.2 Å². The lowest BCUT2D eigenvalue weighted by atomic mass is 10.1. The fourth-order valence-electron chi connectivity index (χ4n) is 2.76. The number of guanidine groups is 1. The first-order valence-electron chi connectivity index (χ1n) is 9.67. The van der Waals surface area contributed by atoms with Crippen molar-refractivity contribution >= 4 is 16.0 Å². The number of aliphatic imine (C=N–C) groups is 1. The van der Waals surface area contributed by atoms with Crippen LogP contribution in [-0.4, -0.2) is 68.8 Å². The molecule has 1 unspecified atom stereocenters. The van der Waals surface area contributed by atoms with E-state index in [1.807, 2.05) is 23.9 Å². The summed E-state index contributed by atoms with van der Waals surface area (Å²) >= 11 is 0. The average Bonchev–Trinajstić information content (AvgIpc) is 3.18. The maximum atomic E-state index is 12.1. The fourth-order valence-corrected chi connectivity index (χ4v) is 3.72. The highest BCUT2D eigenvalue weighted by atomic mass is 32.2. The van der Waals surface area contributed by atoms with Crippen molar-refractivity contribution in [2.24, 2.45) is 4.99 Å². The molecule has 0 bridgehead atoms. The van der Waals surface area contributed by atoms with Gasteiger partial charge in [-0.3, -0.25) is 9.67 Å². The summed E-state index contributed by atoms with van der Waals surface area (Å²) in [6.45, 7) is 5.50. The van der Waals surface area contributed by atoms with Gasteiger partial charge in [0.25, 0.3) is 0 Å². The molecule has 27 heavy (non-hydrogen) atoms. The fraction of sp³-hybridized carbons (Fsp3) is 0.765. The zero-order chi connectivity index (χ0) is 19.4. The predicted molar refractivity (Wildman–Crippen MR) is 106 cm³/mol. The number of ether oxygens (including phenoxy) is 1. The zero-order valence-electron chi connectivity index (χ0n) is 16.1. The van der Waals surface area contributed by atoms with E-state index >= 15 is 0 Å². The maximum Gasteiger partial charge on any atom is 0.213 e. The quantitative estimate of drug-likeness (QED) is 0.280. The van der Waals surface area contributed by atoms with Crippen molar-refractivity contribution in [3.8, 4) is 0 Å². The number of nitrogens with zero attached hydrogens (tertiary/aromatic N) is 3. The van der Waals surface area contributed by atoms with Crippen LogP contribution in [0.4, 0.5) is 0 Å². The van der Waals surface area contributed by atoms with Crippen LogP contribution in [-0.2, 0) is 21.3 Å². The van der Waals surface area contributed by atoms with Crippen LogP contribution in [0.5, 0.6) is 0 Å². The number of sulfonamides is 1. The zero-order valence-corrected chi connectivity index (χ0v) is 16.9. The summed E-state index contributed by atoms with van der Waals surface area (Å²) < 4.78 is 34.3. The largest absolute Gasteiger partial charge is 0.377 e. The van der Waals surface area contributed by atoms with Gasteiger partial charge in [-0.2, -0.15) is 5.10 Å². The van der Waals surface area contributed by atoms with Crippen LogP contribution in [0, 0.1) is 0 Å². The molecule has 0 aliphatic carbocycles. The summed E-state index contributed by atoms with van der Waals surface area (Å²) in [4.78, 5) is 4.47. The molecule has 1 atom stereocenters. The van der Waals surface area contributed by atoms with Gasteiger partial charge in [0.1, 0.15) is 0 Å². The van der Waals surface area contributed by atoms with Gasteiger partial charge in [-0.25, -0.2) is 13.1 Å². The average molecular weight is 401 g/mol. The molecule has 1 aliphatic heterocycles. The molecule has 3 N–H and O–H groups in total. The number of aromatic nitrogens is 2. The molecule has 0 saturated carbocycles. The smallest absolute Gasteiger partial charge is 0.213 e. The summed E-state index contributed by atoms with van der Waals surface area (Å²) in [6, 6.07) is 1.89. The number of rotatable bonds is 11. The molecule has 154 valence electrons. The SMILES string of the molecule is CCNC(=NCCCn1cccn1)NCCS(=O)(=O)NCC1CCCCO1. The number of aryl methyl sites for hydroxylation is 1. The van der Waals surface area contributed by atoms with Crippen LogP contribution in [0.1, 0.15) is 32.6 Å². The van der Waals surface area contributed by atoms with Crippen molar-refractivity contribution in [3.05, 3.63) is 18.5 Å². The molecule has 1 saturated heterocycles. The van der Waals surface area contributed by atoms with Gasteiger partial charge in [-0.15, -0.1) is 0 Å². The minimum Gasteiger partial charge on any atom is -0.377 e. The Morgan fingerprint density at radius 1 is 1.37 bits per heavy atom. The molecule has 0 aromatic carbocycles. The Morgan fingerprint density at radius 3 is 2.96 bits per heavy atom. The highest BCUT2D eigenvalue weighted by Gasteiger charge is 2.17. The van der Waals surface area contributed by atoms with Crippen molar-refractivity contribution in [1.82, 2.24) is 25.1 Å². The minimum absolute atomic E-state index is 0.00256. The lowest BCUT2D eigenvalue weighted by Gasteiger charge is -2.22. The van der Waals surface area contributed by atoms with E-state index < -0.39 is 10.0 Å². The van der Waals surface area contributed by atoms with Crippen molar-refractivity contribution in [2.75, 3.05) is 38.5 Å². The first kappa shape index (κ1) is 21.6. The van der Waals surface area contributed by atoms with Crippen molar-refractivity contribution in [1.29, 1.82) is 0 Å². The van der Waals surface area contributed by atoms with Gasteiger partial charge in [0.05, 0.1) is 11.9 Å². The third kappa shape index (κ3) is 9.21. The van der Waals surface area contributed by atoms with E-state index in [1.54, 1.807) is 6.20 Å². The van der Waals surface area contributed by atoms with E-state index in [-0.39, 0.29) is 11.9 Å². The monoisotopic (exact) mass is 400 g/mol. The summed E-state index contributed by atoms with van der Waals surface area (Å²) in [5, 5.41) is 10.4. The molecule has 0 spiro atoms. The highest BCUT2D eigenvalue weighted by Crippen LogP contribution is 2.11. The second-order valence-corrected chi connectivity index (χ2v) is 8.39. The van der Waals surface area contributed by atoms with Gasteiger partial charge < -0.3 is 15.4 Å². The van der Waals surface area contributed by atoms with E-state index in [9.17, 15) is 8.42 Å². The van der Waals surface area contributed by atoms with Crippen molar-refractivity contribution in [3.63, 3.8) is 0 Å². The standard InChI is InChI=1S/C17H32N6O3S/c1-2-18-17(19-8-5-11-23-12-6-9-21-23)20-10-14-27(24,25)22-15-16-7-3-4-13-26-16/h6,9,12,16,22H,2-5,7-8,10-11,13-15H2,1H3,(H2,18,19,20). The second kappa shape index (κ2) is 11.9. The van der Waals surface area contributed by atoms with Gasteiger partial charge in [0.2, 0.25) is 10.0 Å². The van der Waals surface area contributed by atoms with Crippen LogP contribution in [0.25, 0.3) is 0 Å². The van der Waals surface area contributed by atoms with Crippen LogP contribution in [0.2, 0.25) is 0 Å². The molecule has 2 heterocycles. The van der Waals surface area contributed by atoms with Gasteiger partial charge in [0, 0.05) is 51.7 Å². The first-order valence-corrected chi connectivity index (χ1v) is 11.3. The highest BCUT2D eigenvalue weighted by molar-refractivity contribution is 7.89.